The van der Waals surface area contributed by atoms with Crippen LogP contribution in [0.2, 0.25) is 0 Å². The SMILES string of the molecule is CCCCCCCCC/C=C\CCCCCCCC(=O)OCCCCCCCCCCCCCCC(=O)NC(CO)C(O)CCCCCCCCCCCCCCCCCCCCCCC. The summed E-state index contributed by atoms with van der Waals surface area (Å²) in [5.41, 5.74) is 0. The lowest BCUT2D eigenvalue weighted by atomic mass is 10.0. The standard InChI is InChI=1S/C60H117NO5/c1-3-5-7-9-11-13-15-17-19-21-22-23-24-25-26-28-32-36-40-44-48-52-58(63)57(56-62)61-59(64)53-49-45-41-37-33-30-31-35-39-43-47-51-55-66-60(65)54-50-46-42-38-34-29-27-20-18-16-14-12-10-8-6-4-2/h20,27,57-58,62-63H,3-19,21-26,28-56H2,1-2H3,(H,61,64)/b27-20-. The van der Waals surface area contributed by atoms with E-state index in [0.29, 0.717) is 25.9 Å². The second-order valence-corrected chi connectivity index (χ2v) is 20.7. The lowest BCUT2D eigenvalue weighted by Gasteiger charge is -2.22. The zero-order valence-corrected chi connectivity index (χ0v) is 44.7. The van der Waals surface area contributed by atoms with Gasteiger partial charge >= 0.3 is 5.97 Å². The maximum atomic E-state index is 12.5. The molecule has 1 amide bonds. The van der Waals surface area contributed by atoms with Crippen LogP contribution in [0.3, 0.4) is 0 Å². The summed E-state index contributed by atoms with van der Waals surface area (Å²) < 4.78 is 5.47. The van der Waals surface area contributed by atoms with Crippen LogP contribution in [0, 0.1) is 0 Å². The third kappa shape index (κ3) is 52.0. The minimum Gasteiger partial charge on any atom is -0.466 e. The van der Waals surface area contributed by atoms with Crippen molar-refractivity contribution in [3.05, 3.63) is 12.2 Å². The number of hydrogen-bond donors (Lipinski definition) is 3. The van der Waals surface area contributed by atoms with Gasteiger partial charge in [-0.1, -0.05) is 283 Å². The van der Waals surface area contributed by atoms with Gasteiger partial charge in [0.25, 0.3) is 0 Å². The molecule has 0 aromatic rings. The summed E-state index contributed by atoms with van der Waals surface area (Å²) in [5, 5.41) is 23.3. The molecule has 0 aromatic carbocycles. The second-order valence-electron chi connectivity index (χ2n) is 20.7. The number of unbranched alkanes of at least 4 members (excludes halogenated alkanes) is 43. The highest BCUT2D eigenvalue weighted by Crippen LogP contribution is 2.18. The monoisotopic (exact) mass is 932 g/mol. The molecule has 0 spiro atoms. The second kappa shape index (κ2) is 56.2. The number of carbonyl (C=O) groups excluding carboxylic acids is 2. The fraction of sp³-hybridized carbons (Fsp3) is 0.933. The third-order valence-corrected chi connectivity index (χ3v) is 14.1. The Hall–Kier alpha value is -1.40. The van der Waals surface area contributed by atoms with Gasteiger partial charge in [0.05, 0.1) is 25.4 Å². The first kappa shape index (κ1) is 64.6. The lowest BCUT2D eigenvalue weighted by Crippen LogP contribution is -2.45. The first-order chi connectivity index (χ1) is 32.5. The van der Waals surface area contributed by atoms with Crippen molar-refractivity contribution in [1.82, 2.24) is 5.32 Å². The van der Waals surface area contributed by atoms with Crippen molar-refractivity contribution in [1.29, 1.82) is 0 Å². The van der Waals surface area contributed by atoms with Crippen LogP contribution in [0.5, 0.6) is 0 Å². The molecule has 66 heavy (non-hydrogen) atoms. The number of ether oxygens (including phenoxy) is 1. The number of esters is 1. The summed E-state index contributed by atoms with van der Waals surface area (Å²) in [6.07, 6.45) is 66.3. The van der Waals surface area contributed by atoms with Gasteiger partial charge in [0.1, 0.15) is 0 Å². The molecule has 6 nitrogen and oxygen atoms in total. The molecular weight excluding hydrogens is 815 g/mol. The summed E-state index contributed by atoms with van der Waals surface area (Å²) in [4.78, 5) is 24.6. The first-order valence-electron chi connectivity index (χ1n) is 29.9. The van der Waals surface area contributed by atoms with Crippen LogP contribution >= 0.6 is 0 Å². The van der Waals surface area contributed by atoms with Crippen molar-refractivity contribution in [3.8, 4) is 0 Å². The molecule has 0 saturated carbocycles. The van der Waals surface area contributed by atoms with E-state index in [1.165, 1.54) is 244 Å². The minimum absolute atomic E-state index is 0.0154. The highest BCUT2D eigenvalue weighted by atomic mass is 16.5. The Morgan fingerprint density at radius 3 is 1.08 bits per heavy atom. The van der Waals surface area contributed by atoms with Gasteiger partial charge in [-0.25, -0.2) is 0 Å². The molecule has 2 unspecified atom stereocenters. The van der Waals surface area contributed by atoms with Crippen molar-refractivity contribution in [2.24, 2.45) is 0 Å². The fourth-order valence-electron chi connectivity index (χ4n) is 9.46. The van der Waals surface area contributed by atoms with E-state index in [1.54, 1.807) is 0 Å². The molecular formula is C60H117NO5. The average molecular weight is 933 g/mol. The normalized spacial score (nSPS) is 12.6. The number of nitrogens with one attached hydrogen (secondary N) is 1. The van der Waals surface area contributed by atoms with E-state index in [-0.39, 0.29) is 18.5 Å². The molecule has 0 rings (SSSR count). The smallest absolute Gasteiger partial charge is 0.305 e. The zero-order valence-electron chi connectivity index (χ0n) is 44.7. The van der Waals surface area contributed by atoms with Gasteiger partial charge in [0, 0.05) is 12.8 Å². The van der Waals surface area contributed by atoms with Crippen LogP contribution in [0.25, 0.3) is 0 Å². The van der Waals surface area contributed by atoms with Crippen molar-refractivity contribution in [2.45, 2.75) is 347 Å². The van der Waals surface area contributed by atoms with Crippen LogP contribution in [0.4, 0.5) is 0 Å². The highest BCUT2D eigenvalue weighted by Gasteiger charge is 2.20. The van der Waals surface area contributed by atoms with Crippen LogP contribution in [0.1, 0.15) is 335 Å². The van der Waals surface area contributed by atoms with Gasteiger partial charge in [-0.3, -0.25) is 9.59 Å². The number of hydrogen-bond acceptors (Lipinski definition) is 5. The maximum Gasteiger partial charge on any atom is 0.305 e. The van der Waals surface area contributed by atoms with Gasteiger partial charge in [0.15, 0.2) is 0 Å². The molecule has 0 aliphatic heterocycles. The van der Waals surface area contributed by atoms with Crippen LogP contribution in [-0.4, -0.2) is 47.4 Å². The molecule has 0 heterocycles. The van der Waals surface area contributed by atoms with Gasteiger partial charge < -0.3 is 20.3 Å². The summed E-state index contributed by atoms with van der Waals surface area (Å²) >= 11 is 0. The van der Waals surface area contributed by atoms with E-state index in [2.05, 4.69) is 31.3 Å². The Labute approximate surface area is 412 Å². The average Bonchev–Trinajstić information content (AvgIpc) is 3.32. The Morgan fingerprint density at radius 1 is 0.409 bits per heavy atom. The van der Waals surface area contributed by atoms with Crippen LogP contribution in [0.15, 0.2) is 12.2 Å². The van der Waals surface area contributed by atoms with Crippen molar-refractivity contribution in [2.75, 3.05) is 13.2 Å². The van der Waals surface area contributed by atoms with Crippen molar-refractivity contribution in [3.63, 3.8) is 0 Å². The van der Waals surface area contributed by atoms with Gasteiger partial charge in [-0.05, 0) is 51.4 Å². The third-order valence-electron chi connectivity index (χ3n) is 14.1. The predicted molar refractivity (Wildman–Crippen MR) is 287 cm³/mol. The minimum atomic E-state index is -0.675. The van der Waals surface area contributed by atoms with Gasteiger partial charge in [-0.2, -0.15) is 0 Å². The molecule has 0 radical (unpaired) electrons. The molecule has 0 fully saturated rings. The fourth-order valence-corrected chi connectivity index (χ4v) is 9.46. The number of aliphatic hydroxyl groups excluding tert-OH is 2. The molecule has 0 bridgehead atoms. The highest BCUT2D eigenvalue weighted by molar-refractivity contribution is 5.76. The van der Waals surface area contributed by atoms with Crippen molar-refractivity contribution >= 4 is 11.9 Å². The molecule has 392 valence electrons. The number of amides is 1. The van der Waals surface area contributed by atoms with E-state index in [9.17, 15) is 19.8 Å². The molecule has 0 aliphatic rings. The Morgan fingerprint density at radius 2 is 0.712 bits per heavy atom. The van der Waals surface area contributed by atoms with Gasteiger partial charge in [0.2, 0.25) is 5.91 Å². The van der Waals surface area contributed by atoms with E-state index in [0.717, 1.165) is 57.8 Å². The predicted octanol–water partition coefficient (Wildman–Crippen LogP) is 18.5. The summed E-state index contributed by atoms with van der Waals surface area (Å²) in [5.74, 6) is -0.0626. The number of allylic oxidation sites excluding steroid dienone is 2. The van der Waals surface area contributed by atoms with Crippen molar-refractivity contribution < 1.29 is 24.5 Å². The maximum absolute atomic E-state index is 12.5. The first-order valence-corrected chi connectivity index (χ1v) is 29.9. The molecule has 2 atom stereocenters. The Balaban J connectivity index is 3.45. The molecule has 0 aliphatic carbocycles. The summed E-state index contributed by atoms with van der Waals surface area (Å²) in [7, 11) is 0. The Kier molecular flexibility index (Phi) is 55.0. The zero-order chi connectivity index (χ0) is 47.9. The summed E-state index contributed by atoms with van der Waals surface area (Å²) in [6, 6.07) is -0.554. The van der Waals surface area contributed by atoms with Crippen LogP contribution in [-0.2, 0) is 14.3 Å². The number of aliphatic hydroxyl groups is 2. The van der Waals surface area contributed by atoms with E-state index in [4.69, 9.17) is 4.74 Å². The molecule has 0 aromatic heterocycles. The Bertz CT molecular complexity index is 986. The van der Waals surface area contributed by atoms with E-state index < -0.39 is 12.1 Å². The van der Waals surface area contributed by atoms with E-state index >= 15 is 0 Å². The van der Waals surface area contributed by atoms with Gasteiger partial charge in [-0.15, -0.1) is 0 Å². The van der Waals surface area contributed by atoms with Crippen LogP contribution < -0.4 is 5.32 Å². The topological polar surface area (TPSA) is 95.9 Å². The lowest BCUT2D eigenvalue weighted by molar-refractivity contribution is -0.143. The largest absolute Gasteiger partial charge is 0.466 e. The number of carbonyl (C=O) groups is 2. The number of rotatable bonds is 56. The molecule has 6 heteroatoms. The summed E-state index contributed by atoms with van der Waals surface area (Å²) in [6.45, 7) is 4.94. The molecule has 0 saturated heterocycles. The quantitative estimate of drug-likeness (QED) is 0.0321. The molecule has 3 N–H and O–H groups in total. The van der Waals surface area contributed by atoms with E-state index in [1.807, 2.05) is 0 Å².